The van der Waals surface area contributed by atoms with Gasteiger partial charge in [-0.3, -0.25) is 4.79 Å². The van der Waals surface area contributed by atoms with Gasteiger partial charge in [0.25, 0.3) is 0 Å². The quantitative estimate of drug-likeness (QED) is 0.367. The van der Waals surface area contributed by atoms with Crippen LogP contribution in [-0.4, -0.2) is 17.1 Å². The molecule has 0 heterocycles. The summed E-state index contributed by atoms with van der Waals surface area (Å²) < 4.78 is 0. The largest absolute Gasteiger partial charge is 0.393 e. The molecule has 0 rings (SSSR count). The summed E-state index contributed by atoms with van der Waals surface area (Å²) >= 11 is 0. The fraction of sp³-hybridized carbons (Fsp3) is 0.947. The van der Waals surface area contributed by atoms with Crippen molar-refractivity contribution in [3.05, 3.63) is 0 Å². The molecule has 3 nitrogen and oxygen atoms in total. The zero-order chi connectivity index (χ0) is 16.5. The van der Waals surface area contributed by atoms with Crippen LogP contribution in [0.2, 0.25) is 0 Å². The number of primary amides is 1. The molecule has 0 aliphatic rings. The Balaban J connectivity index is 3.09. The molecule has 0 bridgehead atoms. The Morgan fingerprint density at radius 2 is 1.18 bits per heavy atom. The van der Waals surface area contributed by atoms with E-state index in [2.05, 4.69) is 6.92 Å². The van der Waals surface area contributed by atoms with E-state index in [1.54, 1.807) is 0 Å². The Bertz CT molecular complexity index is 244. The minimum absolute atomic E-state index is 0.0630. The standard InChI is InChI=1S/C19H39NO2/c1-2-3-12-15-18(21)16-13-10-8-6-4-5-7-9-11-14-17-19(20)22/h18,21H,2-17H2,1H3,(H2,20,22). The van der Waals surface area contributed by atoms with Gasteiger partial charge in [0.05, 0.1) is 6.10 Å². The molecule has 0 aromatic rings. The van der Waals surface area contributed by atoms with Gasteiger partial charge in [0.2, 0.25) is 5.91 Å². The summed E-state index contributed by atoms with van der Waals surface area (Å²) in [5, 5.41) is 9.82. The summed E-state index contributed by atoms with van der Waals surface area (Å²) in [6.45, 7) is 2.20. The monoisotopic (exact) mass is 313 g/mol. The molecule has 132 valence electrons. The summed E-state index contributed by atoms with van der Waals surface area (Å²) in [6.07, 6.45) is 18.5. The summed E-state index contributed by atoms with van der Waals surface area (Å²) in [4.78, 5) is 10.6. The number of hydrogen-bond donors (Lipinski definition) is 2. The van der Waals surface area contributed by atoms with Gasteiger partial charge in [-0.1, -0.05) is 84.0 Å². The van der Waals surface area contributed by atoms with Gasteiger partial charge < -0.3 is 10.8 Å². The number of unbranched alkanes of at least 4 members (excludes halogenated alkanes) is 11. The smallest absolute Gasteiger partial charge is 0.217 e. The third-order valence-corrected chi connectivity index (χ3v) is 4.35. The SMILES string of the molecule is CCCCCC(O)CCCCCCCCCCCCC(N)=O. The van der Waals surface area contributed by atoms with Crippen LogP contribution in [0.25, 0.3) is 0 Å². The molecule has 1 amide bonds. The molecule has 1 atom stereocenters. The summed E-state index contributed by atoms with van der Waals surface area (Å²) in [6, 6.07) is 0. The highest BCUT2D eigenvalue weighted by molar-refractivity contribution is 5.73. The fourth-order valence-corrected chi connectivity index (χ4v) is 2.87. The van der Waals surface area contributed by atoms with E-state index in [0.717, 1.165) is 25.7 Å². The highest BCUT2D eigenvalue weighted by Gasteiger charge is 2.03. The van der Waals surface area contributed by atoms with Crippen LogP contribution in [-0.2, 0) is 4.79 Å². The molecule has 3 heteroatoms. The van der Waals surface area contributed by atoms with Crippen LogP contribution >= 0.6 is 0 Å². The van der Waals surface area contributed by atoms with E-state index in [-0.39, 0.29) is 12.0 Å². The van der Waals surface area contributed by atoms with Crippen molar-refractivity contribution in [1.29, 1.82) is 0 Å². The first-order chi connectivity index (χ1) is 10.7. The van der Waals surface area contributed by atoms with Crippen LogP contribution in [0.5, 0.6) is 0 Å². The first-order valence-corrected chi connectivity index (χ1v) is 9.63. The maximum atomic E-state index is 10.6. The van der Waals surface area contributed by atoms with Crippen molar-refractivity contribution in [3.8, 4) is 0 Å². The zero-order valence-electron chi connectivity index (χ0n) is 14.8. The Labute approximate surface area is 138 Å². The van der Waals surface area contributed by atoms with Crippen molar-refractivity contribution in [2.45, 2.75) is 116 Å². The van der Waals surface area contributed by atoms with Crippen molar-refractivity contribution >= 4 is 5.91 Å². The average molecular weight is 314 g/mol. The van der Waals surface area contributed by atoms with Crippen LogP contribution in [0.1, 0.15) is 110 Å². The van der Waals surface area contributed by atoms with Gasteiger partial charge in [0, 0.05) is 6.42 Å². The predicted molar refractivity (Wildman–Crippen MR) is 94.7 cm³/mol. The van der Waals surface area contributed by atoms with Crippen LogP contribution in [0, 0.1) is 0 Å². The van der Waals surface area contributed by atoms with Crippen LogP contribution in [0.15, 0.2) is 0 Å². The fourth-order valence-electron chi connectivity index (χ4n) is 2.87. The molecular weight excluding hydrogens is 274 g/mol. The second-order valence-electron chi connectivity index (χ2n) is 6.69. The first-order valence-electron chi connectivity index (χ1n) is 9.63. The molecule has 0 spiro atoms. The molecule has 0 saturated heterocycles. The van der Waals surface area contributed by atoms with E-state index >= 15 is 0 Å². The van der Waals surface area contributed by atoms with E-state index in [1.807, 2.05) is 0 Å². The lowest BCUT2D eigenvalue weighted by molar-refractivity contribution is -0.118. The third-order valence-electron chi connectivity index (χ3n) is 4.35. The number of nitrogens with two attached hydrogens (primary N) is 1. The Morgan fingerprint density at radius 3 is 1.64 bits per heavy atom. The third kappa shape index (κ3) is 17.5. The van der Waals surface area contributed by atoms with Crippen LogP contribution in [0.3, 0.4) is 0 Å². The molecule has 0 aromatic carbocycles. The number of hydrogen-bond acceptors (Lipinski definition) is 2. The Morgan fingerprint density at radius 1 is 0.773 bits per heavy atom. The molecular formula is C19H39NO2. The molecule has 1 unspecified atom stereocenters. The van der Waals surface area contributed by atoms with Gasteiger partial charge in [-0.15, -0.1) is 0 Å². The maximum absolute atomic E-state index is 10.6. The van der Waals surface area contributed by atoms with E-state index in [9.17, 15) is 9.90 Å². The van der Waals surface area contributed by atoms with Crippen molar-refractivity contribution in [2.24, 2.45) is 5.73 Å². The number of aliphatic hydroxyl groups is 1. The van der Waals surface area contributed by atoms with Gasteiger partial charge >= 0.3 is 0 Å². The minimum Gasteiger partial charge on any atom is -0.393 e. The summed E-state index contributed by atoms with van der Waals surface area (Å²) in [7, 11) is 0. The predicted octanol–water partition coefficient (Wildman–Crippen LogP) is 5.09. The van der Waals surface area contributed by atoms with E-state index < -0.39 is 0 Å². The second-order valence-corrected chi connectivity index (χ2v) is 6.69. The average Bonchev–Trinajstić information content (AvgIpc) is 2.48. The lowest BCUT2D eigenvalue weighted by Gasteiger charge is -2.09. The van der Waals surface area contributed by atoms with E-state index in [0.29, 0.717) is 6.42 Å². The van der Waals surface area contributed by atoms with Gasteiger partial charge in [-0.05, 0) is 19.3 Å². The summed E-state index contributed by atoms with van der Waals surface area (Å²) in [5.41, 5.74) is 5.11. The van der Waals surface area contributed by atoms with Gasteiger partial charge in [0.1, 0.15) is 0 Å². The van der Waals surface area contributed by atoms with Crippen molar-refractivity contribution in [3.63, 3.8) is 0 Å². The maximum Gasteiger partial charge on any atom is 0.217 e. The molecule has 0 aromatic heterocycles. The number of rotatable bonds is 17. The number of carbonyl (C=O) groups excluding carboxylic acids is 1. The molecule has 0 fully saturated rings. The zero-order valence-corrected chi connectivity index (χ0v) is 14.8. The first kappa shape index (κ1) is 21.4. The molecule has 0 saturated carbocycles. The lowest BCUT2D eigenvalue weighted by Crippen LogP contribution is -2.09. The highest BCUT2D eigenvalue weighted by Crippen LogP contribution is 2.14. The van der Waals surface area contributed by atoms with Crippen LogP contribution < -0.4 is 5.73 Å². The normalized spacial score (nSPS) is 12.5. The molecule has 22 heavy (non-hydrogen) atoms. The number of amides is 1. The minimum atomic E-state index is -0.171. The molecule has 0 aliphatic heterocycles. The lowest BCUT2D eigenvalue weighted by atomic mass is 10.0. The van der Waals surface area contributed by atoms with Gasteiger partial charge in [-0.2, -0.15) is 0 Å². The number of aliphatic hydroxyl groups excluding tert-OH is 1. The topological polar surface area (TPSA) is 63.3 Å². The highest BCUT2D eigenvalue weighted by atomic mass is 16.3. The van der Waals surface area contributed by atoms with Gasteiger partial charge in [0.15, 0.2) is 0 Å². The van der Waals surface area contributed by atoms with Crippen molar-refractivity contribution in [2.75, 3.05) is 0 Å². The second kappa shape index (κ2) is 16.8. The number of carbonyl (C=O) groups is 1. The Hall–Kier alpha value is -0.570. The molecule has 0 aliphatic carbocycles. The Kier molecular flexibility index (Phi) is 16.4. The van der Waals surface area contributed by atoms with E-state index in [1.165, 1.54) is 70.6 Å². The van der Waals surface area contributed by atoms with E-state index in [4.69, 9.17) is 5.73 Å². The van der Waals surface area contributed by atoms with Gasteiger partial charge in [-0.25, -0.2) is 0 Å². The molecule has 0 radical (unpaired) electrons. The van der Waals surface area contributed by atoms with Crippen molar-refractivity contribution < 1.29 is 9.90 Å². The van der Waals surface area contributed by atoms with Crippen molar-refractivity contribution in [1.82, 2.24) is 0 Å². The molecule has 3 N–H and O–H groups in total. The summed E-state index contributed by atoms with van der Waals surface area (Å²) in [5.74, 6) is -0.171. The van der Waals surface area contributed by atoms with Crippen LogP contribution in [0.4, 0.5) is 0 Å².